The standard InChI is InChI=1S/C8H12BrN3/c1-5(10)8(11)6-3-2-4-7(9)12-6/h2-5,8H,10-11H2,1H3/t5-,8+/m0/s1. The molecule has 0 aliphatic rings. The number of hydrogen-bond donors (Lipinski definition) is 2. The molecule has 1 rings (SSSR count). The molecular weight excluding hydrogens is 218 g/mol. The molecule has 0 fully saturated rings. The van der Waals surface area contributed by atoms with Gasteiger partial charge in [-0.2, -0.15) is 0 Å². The summed E-state index contributed by atoms with van der Waals surface area (Å²) in [5.41, 5.74) is 12.3. The van der Waals surface area contributed by atoms with E-state index in [1.54, 1.807) is 0 Å². The molecule has 3 nitrogen and oxygen atoms in total. The molecule has 0 aromatic carbocycles. The van der Waals surface area contributed by atoms with Crippen molar-refractivity contribution in [3.8, 4) is 0 Å². The molecule has 0 amide bonds. The molecule has 1 heterocycles. The van der Waals surface area contributed by atoms with Crippen molar-refractivity contribution in [3.63, 3.8) is 0 Å². The van der Waals surface area contributed by atoms with Gasteiger partial charge in [-0.3, -0.25) is 0 Å². The van der Waals surface area contributed by atoms with Crippen LogP contribution in [0.1, 0.15) is 18.7 Å². The largest absolute Gasteiger partial charge is 0.326 e. The third-order valence-corrected chi connectivity index (χ3v) is 2.09. The fourth-order valence-corrected chi connectivity index (χ4v) is 1.24. The molecule has 0 aliphatic heterocycles. The molecule has 0 bridgehead atoms. The van der Waals surface area contributed by atoms with Gasteiger partial charge in [-0.1, -0.05) is 6.07 Å². The highest BCUT2D eigenvalue weighted by Crippen LogP contribution is 2.13. The summed E-state index contributed by atoms with van der Waals surface area (Å²) in [5.74, 6) is 0. The predicted molar refractivity (Wildman–Crippen MR) is 52.5 cm³/mol. The predicted octanol–water partition coefficient (Wildman–Crippen LogP) is 1.19. The third-order valence-electron chi connectivity index (χ3n) is 1.64. The van der Waals surface area contributed by atoms with E-state index in [1.165, 1.54) is 0 Å². The van der Waals surface area contributed by atoms with Crippen LogP contribution in [0.2, 0.25) is 0 Å². The first kappa shape index (κ1) is 9.64. The number of hydrogen-bond acceptors (Lipinski definition) is 3. The number of rotatable bonds is 2. The van der Waals surface area contributed by atoms with Gasteiger partial charge in [0.15, 0.2) is 0 Å². The zero-order valence-electron chi connectivity index (χ0n) is 6.87. The molecule has 1 aromatic heterocycles. The average Bonchev–Trinajstić information content (AvgIpc) is 2.03. The van der Waals surface area contributed by atoms with E-state index >= 15 is 0 Å². The van der Waals surface area contributed by atoms with Crippen molar-refractivity contribution in [1.82, 2.24) is 4.98 Å². The lowest BCUT2D eigenvalue weighted by Crippen LogP contribution is -2.31. The van der Waals surface area contributed by atoms with Gasteiger partial charge in [0.2, 0.25) is 0 Å². The lowest BCUT2D eigenvalue weighted by Gasteiger charge is -2.14. The fourth-order valence-electron chi connectivity index (χ4n) is 0.879. The van der Waals surface area contributed by atoms with Crippen molar-refractivity contribution < 1.29 is 0 Å². The maximum absolute atomic E-state index is 5.80. The minimum absolute atomic E-state index is 0.0770. The Kier molecular flexibility index (Phi) is 3.20. The molecule has 0 radical (unpaired) electrons. The zero-order chi connectivity index (χ0) is 9.14. The van der Waals surface area contributed by atoms with E-state index in [4.69, 9.17) is 11.5 Å². The van der Waals surface area contributed by atoms with Gasteiger partial charge in [0, 0.05) is 6.04 Å². The number of halogens is 1. The Bertz CT molecular complexity index is 262. The summed E-state index contributed by atoms with van der Waals surface area (Å²) >= 11 is 3.27. The molecule has 0 spiro atoms. The van der Waals surface area contributed by atoms with Crippen LogP contribution >= 0.6 is 15.9 Å². The Morgan fingerprint density at radius 1 is 1.42 bits per heavy atom. The smallest absolute Gasteiger partial charge is 0.106 e. The van der Waals surface area contributed by atoms with Gasteiger partial charge in [-0.05, 0) is 35.0 Å². The monoisotopic (exact) mass is 229 g/mol. The van der Waals surface area contributed by atoms with Crippen LogP contribution in [0.15, 0.2) is 22.8 Å². The highest BCUT2D eigenvalue weighted by molar-refractivity contribution is 9.10. The highest BCUT2D eigenvalue weighted by atomic mass is 79.9. The quantitative estimate of drug-likeness (QED) is 0.750. The Balaban J connectivity index is 2.88. The van der Waals surface area contributed by atoms with E-state index < -0.39 is 0 Å². The van der Waals surface area contributed by atoms with E-state index in [0.29, 0.717) is 0 Å². The summed E-state index contributed by atoms with van der Waals surface area (Å²) in [6.45, 7) is 1.87. The van der Waals surface area contributed by atoms with E-state index in [0.717, 1.165) is 10.3 Å². The van der Waals surface area contributed by atoms with Crippen molar-refractivity contribution in [1.29, 1.82) is 0 Å². The molecule has 4 heteroatoms. The van der Waals surface area contributed by atoms with Crippen LogP contribution in [-0.2, 0) is 0 Å². The Morgan fingerprint density at radius 3 is 2.58 bits per heavy atom. The van der Waals surface area contributed by atoms with Crippen LogP contribution in [0.25, 0.3) is 0 Å². The average molecular weight is 230 g/mol. The maximum atomic E-state index is 5.80. The summed E-state index contributed by atoms with van der Waals surface area (Å²) in [5, 5.41) is 0. The zero-order valence-corrected chi connectivity index (χ0v) is 8.45. The van der Waals surface area contributed by atoms with Crippen LogP contribution in [0, 0.1) is 0 Å². The van der Waals surface area contributed by atoms with Gasteiger partial charge in [0.1, 0.15) is 4.60 Å². The second-order valence-electron chi connectivity index (χ2n) is 2.77. The van der Waals surface area contributed by atoms with E-state index in [9.17, 15) is 0 Å². The van der Waals surface area contributed by atoms with Gasteiger partial charge in [0.25, 0.3) is 0 Å². The fraction of sp³-hybridized carbons (Fsp3) is 0.375. The van der Waals surface area contributed by atoms with Crippen LogP contribution in [0.3, 0.4) is 0 Å². The van der Waals surface area contributed by atoms with Crippen molar-refractivity contribution in [3.05, 3.63) is 28.5 Å². The lowest BCUT2D eigenvalue weighted by molar-refractivity contribution is 0.574. The number of nitrogens with two attached hydrogens (primary N) is 2. The van der Waals surface area contributed by atoms with Crippen molar-refractivity contribution in [2.24, 2.45) is 11.5 Å². The Labute approximate surface area is 80.3 Å². The molecule has 66 valence electrons. The first-order valence-corrected chi connectivity index (χ1v) is 4.54. The van der Waals surface area contributed by atoms with Gasteiger partial charge >= 0.3 is 0 Å². The van der Waals surface area contributed by atoms with Gasteiger partial charge in [0.05, 0.1) is 11.7 Å². The molecule has 0 aliphatic carbocycles. The number of aromatic nitrogens is 1. The Morgan fingerprint density at radius 2 is 2.08 bits per heavy atom. The molecule has 2 atom stereocenters. The molecular formula is C8H12BrN3. The van der Waals surface area contributed by atoms with Gasteiger partial charge < -0.3 is 11.5 Å². The number of nitrogens with zero attached hydrogens (tertiary/aromatic N) is 1. The van der Waals surface area contributed by atoms with E-state index in [-0.39, 0.29) is 12.1 Å². The van der Waals surface area contributed by atoms with Crippen LogP contribution < -0.4 is 11.5 Å². The first-order valence-electron chi connectivity index (χ1n) is 3.75. The second-order valence-corrected chi connectivity index (χ2v) is 3.58. The van der Waals surface area contributed by atoms with E-state index in [1.807, 2.05) is 25.1 Å². The molecule has 0 unspecified atom stereocenters. The van der Waals surface area contributed by atoms with Crippen LogP contribution in [0.5, 0.6) is 0 Å². The summed E-state index contributed by atoms with van der Waals surface area (Å²) in [6, 6.07) is 5.36. The van der Waals surface area contributed by atoms with Crippen LogP contribution in [0.4, 0.5) is 0 Å². The number of pyridine rings is 1. The third kappa shape index (κ3) is 2.27. The minimum atomic E-state index is -0.192. The Hall–Kier alpha value is -0.450. The van der Waals surface area contributed by atoms with E-state index in [2.05, 4.69) is 20.9 Å². The molecule has 4 N–H and O–H groups in total. The SMILES string of the molecule is C[C@H](N)[C@@H](N)c1cccc(Br)n1. The lowest BCUT2D eigenvalue weighted by atomic mass is 10.1. The summed E-state index contributed by atoms with van der Waals surface area (Å²) < 4.78 is 0.788. The van der Waals surface area contributed by atoms with Crippen molar-refractivity contribution in [2.75, 3.05) is 0 Å². The molecule has 12 heavy (non-hydrogen) atoms. The first-order chi connectivity index (χ1) is 5.61. The normalized spacial score (nSPS) is 15.7. The van der Waals surface area contributed by atoms with Crippen molar-refractivity contribution in [2.45, 2.75) is 19.0 Å². The molecule has 0 saturated heterocycles. The topological polar surface area (TPSA) is 64.9 Å². The maximum Gasteiger partial charge on any atom is 0.106 e. The van der Waals surface area contributed by atoms with Crippen molar-refractivity contribution >= 4 is 15.9 Å². The molecule has 0 saturated carbocycles. The van der Waals surface area contributed by atoms with Gasteiger partial charge in [-0.25, -0.2) is 4.98 Å². The van der Waals surface area contributed by atoms with Gasteiger partial charge in [-0.15, -0.1) is 0 Å². The summed E-state index contributed by atoms with van der Waals surface area (Å²) in [7, 11) is 0. The summed E-state index contributed by atoms with van der Waals surface area (Å²) in [6.07, 6.45) is 0. The second kappa shape index (κ2) is 3.98. The minimum Gasteiger partial charge on any atom is -0.326 e. The summed E-state index contributed by atoms with van der Waals surface area (Å²) in [4.78, 5) is 4.21. The highest BCUT2D eigenvalue weighted by Gasteiger charge is 2.11. The molecule has 1 aromatic rings. The van der Waals surface area contributed by atoms with Crippen LogP contribution in [-0.4, -0.2) is 11.0 Å².